The molecule has 0 saturated carbocycles. The maximum Gasteiger partial charge on any atom is 0.272 e. The van der Waals surface area contributed by atoms with E-state index in [0.29, 0.717) is 10.8 Å². The van der Waals surface area contributed by atoms with Crippen molar-refractivity contribution in [3.63, 3.8) is 0 Å². The molecule has 6 heteroatoms. The van der Waals surface area contributed by atoms with Crippen LogP contribution in [0.4, 0.5) is 5.82 Å². The topological polar surface area (TPSA) is 54.0 Å². The number of carbonyl (C=O) groups excluding carboxylic acids is 1. The molecule has 0 spiro atoms. The number of pyridine rings is 1. The Labute approximate surface area is 133 Å². The first-order valence-corrected chi connectivity index (χ1v) is 8.16. The number of carbonyl (C=O) groups is 1. The van der Waals surface area contributed by atoms with Crippen LogP contribution < -0.4 is 10.6 Å². The average Bonchev–Trinajstić information content (AvgIpc) is 3.01. The second-order valence-corrected chi connectivity index (χ2v) is 5.89. The van der Waals surface area contributed by atoms with Crippen LogP contribution in [0.3, 0.4) is 0 Å². The lowest BCUT2D eigenvalue weighted by Crippen LogP contribution is -2.28. The zero-order valence-corrected chi connectivity index (χ0v) is 13.6. The Balaban J connectivity index is 2.17. The Morgan fingerprint density at radius 3 is 2.81 bits per heavy atom. The van der Waals surface area contributed by atoms with E-state index < -0.39 is 0 Å². The molecule has 1 unspecified atom stereocenters. The van der Waals surface area contributed by atoms with Crippen molar-refractivity contribution in [1.82, 2.24) is 10.3 Å². The molecule has 0 radical (unpaired) electrons. The molecular formula is C15H18ClN3OS. The van der Waals surface area contributed by atoms with Crippen LogP contribution in [0.5, 0.6) is 0 Å². The molecule has 0 aliphatic heterocycles. The molecule has 2 aromatic rings. The van der Waals surface area contributed by atoms with Crippen molar-refractivity contribution in [2.24, 2.45) is 0 Å². The fourth-order valence-corrected chi connectivity index (χ4v) is 3.02. The maximum atomic E-state index is 12.4. The van der Waals surface area contributed by atoms with Gasteiger partial charge in [-0.2, -0.15) is 0 Å². The molecule has 1 amide bonds. The molecule has 0 aromatic carbocycles. The maximum absolute atomic E-state index is 12.4. The number of aromatic nitrogens is 1. The van der Waals surface area contributed by atoms with Crippen LogP contribution in [0.1, 0.15) is 41.7 Å². The standard InChI is InChI=1S/C15H18ClN3OS/c1-3-11(12-6-5-9-21-12)18-15(20)14-10(16)7-8-13(19-14)17-4-2/h5-9,11H,3-4H2,1-2H3,(H,17,19)(H,18,20). The minimum absolute atomic E-state index is 0.0156. The Hall–Kier alpha value is -1.59. The molecule has 0 aliphatic rings. The van der Waals surface area contributed by atoms with Crippen LogP contribution in [0.25, 0.3) is 0 Å². The van der Waals surface area contributed by atoms with E-state index in [4.69, 9.17) is 11.6 Å². The van der Waals surface area contributed by atoms with Gasteiger partial charge >= 0.3 is 0 Å². The lowest BCUT2D eigenvalue weighted by Gasteiger charge is -2.16. The van der Waals surface area contributed by atoms with Crippen molar-refractivity contribution >= 4 is 34.7 Å². The highest BCUT2D eigenvalue weighted by Gasteiger charge is 2.18. The minimum Gasteiger partial charge on any atom is -0.370 e. The summed E-state index contributed by atoms with van der Waals surface area (Å²) in [5.41, 5.74) is 0.255. The number of rotatable bonds is 6. The number of nitrogens with one attached hydrogen (secondary N) is 2. The van der Waals surface area contributed by atoms with Gasteiger partial charge in [-0.25, -0.2) is 4.98 Å². The monoisotopic (exact) mass is 323 g/mol. The SMILES string of the molecule is CCNc1ccc(Cl)c(C(=O)NC(CC)c2cccs2)n1. The molecule has 0 aliphatic carbocycles. The highest BCUT2D eigenvalue weighted by Crippen LogP contribution is 2.23. The van der Waals surface area contributed by atoms with Crippen molar-refractivity contribution in [3.8, 4) is 0 Å². The smallest absolute Gasteiger partial charge is 0.272 e. The average molecular weight is 324 g/mol. The Morgan fingerprint density at radius 1 is 1.38 bits per heavy atom. The number of amides is 1. The number of hydrogen-bond acceptors (Lipinski definition) is 4. The van der Waals surface area contributed by atoms with E-state index in [-0.39, 0.29) is 17.6 Å². The van der Waals surface area contributed by atoms with E-state index in [9.17, 15) is 4.79 Å². The van der Waals surface area contributed by atoms with Crippen molar-refractivity contribution < 1.29 is 4.79 Å². The Morgan fingerprint density at radius 2 is 2.19 bits per heavy atom. The summed E-state index contributed by atoms with van der Waals surface area (Å²) in [6.45, 7) is 4.75. The van der Waals surface area contributed by atoms with Crippen LogP contribution >= 0.6 is 22.9 Å². The van der Waals surface area contributed by atoms with Crippen LogP contribution in [-0.4, -0.2) is 17.4 Å². The van der Waals surface area contributed by atoms with Gasteiger partial charge in [0.05, 0.1) is 11.1 Å². The summed E-state index contributed by atoms with van der Waals surface area (Å²) in [5, 5.41) is 8.43. The predicted octanol–water partition coefficient (Wildman–Crippen LogP) is 4.11. The van der Waals surface area contributed by atoms with Gasteiger partial charge in [0.25, 0.3) is 5.91 Å². The van der Waals surface area contributed by atoms with Gasteiger partial charge in [-0.05, 0) is 36.9 Å². The first kappa shape index (κ1) is 15.8. The van der Waals surface area contributed by atoms with Gasteiger partial charge in [-0.1, -0.05) is 24.6 Å². The molecular weight excluding hydrogens is 306 g/mol. The van der Waals surface area contributed by atoms with Crippen molar-refractivity contribution in [1.29, 1.82) is 0 Å². The number of hydrogen-bond donors (Lipinski definition) is 2. The molecule has 1 atom stereocenters. The van der Waals surface area contributed by atoms with Crippen LogP contribution in [-0.2, 0) is 0 Å². The molecule has 112 valence electrons. The number of thiophene rings is 1. The molecule has 2 N–H and O–H groups in total. The Kier molecular flexibility index (Phi) is 5.59. The Bertz CT molecular complexity index is 601. The third kappa shape index (κ3) is 3.95. The molecule has 0 saturated heterocycles. The highest BCUT2D eigenvalue weighted by atomic mass is 35.5. The summed E-state index contributed by atoms with van der Waals surface area (Å²) in [7, 11) is 0. The van der Waals surface area contributed by atoms with E-state index >= 15 is 0 Å². The fourth-order valence-electron chi connectivity index (χ4n) is 1.97. The zero-order chi connectivity index (χ0) is 15.2. The van der Waals surface area contributed by atoms with Gasteiger partial charge in [0, 0.05) is 11.4 Å². The van der Waals surface area contributed by atoms with Gasteiger partial charge in [-0.3, -0.25) is 4.79 Å². The second kappa shape index (κ2) is 7.43. The summed E-state index contributed by atoms with van der Waals surface area (Å²) in [5.74, 6) is 0.399. The number of halogens is 1. The van der Waals surface area contributed by atoms with E-state index in [2.05, 4.69) is 15.6 Å². The van der Waals surface area contributed by atoms with Crippen molar-refractivity contribution in [3.05, 3.63) is 45.2 Å². The van der Waals surface area contributed by atoms with Gasteiger partial charge in [0.1, 0.15) is 11.5 Å². The first-order chi connectivity index (χ1) is 10.2. The number of anilines is 1. The van der Waals surface area contributed by atoms with E-state index in [0.717, 1.165) is 17.8 Å². The van der Waals surface area contributed by atoms with Crippen molar-refractivity contribution in [2.45, 2.75) is 26.3 Å². The molecule has 2 aromatic heterocycles. The van der Waals surface area contributed by atoms with Gasteiger partial charge in [-0.15, -0.1) is 11.3 Å². The van der Waals surface area contributed by atoms with Crippen LogP contribution in [0.15, 0.2) is 29.6 Å². The quantitative estimate of drug-likeness (QED) is 0.841. The highest BCUT2D eigenvalue weighted by molar-refractivity contribution is 7.10. The second-order valence-electron chi connectivity index (χ2n) is 4.51. The minimum atomic E-state index is -0.250. The summed E-state index contributed by atoms with van der Waals surface area (Å²) in [6, 6.07) is 7.43. The van der Waals surface area contributed by atoms with Crippen LogP contribution in [0.2, 0.25) is 5.02 Å². The van der Waals surface area contributed by atoms with E-state index in [1.807, 2.05) is 31.4 Å². The summed E-state index contributed by atoms with van der Waals surface area (Å²) in [4.78, 5) is 17.8. The normalized spacial score (nSPS) is 12.0. The zero-order valence-electron chi connectivity index (χ0n) is 12.0. The third-order valence-corrected chi connectivity index (χ3v) is 4.31. The summed E-state index contributed by atoms with van der Waals surface area (Å²) < 4.78 is 0. The summed E-state index contributed by atoms with van der Waals surface area (Å²) in [6.07, 6.45) is 0.816. The van der Waals surface area contributed by atoms with Gasteiger partial charge < -0.3 is 10.6 Å². The summed E-state index contributed by atoms with van der Waals surface area (Å²) >= 11 is 7.72. The lowest BCUT2D eigenvalue weighted by atomic mass is 10.2. The van der Waals surface area contributed by atoms with E-state index in [1.54, 1.807) is 23.5 Å². The number of nitrogens with zero attached hydrogens (tertiary/aromatic N) is 1. The molecule has 4 nitrogen and oxygen atoms in total. The van der Waals surface area contributed by atoms with Crippen molar-refractivity contribution in [2.75, 3.05) is 11.9 Å². The predicted molar refractivity (Wildman–Crippen MR) is 88.2 cm³/mol. The third-order valence-electron chi connectivity index (χ3n) is 3.02. The van der Waals surface area contributed by atoms with Gasteiger partial charge in [0.2, 0.25) is 0 Å². The molecule has 0 fully saturated rings. The molecule has 21 heavy (non-hydrogen) atoms. The fraction of sp³-hybridized carbons (Fsp3) is 0.333. The van der Waals surface area contributed by atoms with Gasteiger partial charge in [0.15, 0.2) is 0 Å². The van der Waals surface area contributed by atoms with Crippen LogP contribution in [0, 0.1) is 0 Å². The molecule has 2 heterocycles. The van der Waals surface area contributed by atoms with E-state index in [1.165, 1.54) is 0 Å². The molecule has 2 rings (SSSR count). The molecule has 0 bridgehead atoms. The largest absolute Gasteiger partial charge is 0.370 e. The lowest BCUT2D eigenvalue weighted by molar-refractivity contribution is 0.0931. The first-order valence-electron chi connectivity index (χ1n) is 6.90.